The quantitative estimate of drug-likeness (QED) is 0.785. The number of aryl methyl sites for hydroxylation is 1. The first-order chi connectivity index (χ1) is 11.0. The van der Waals surface area contributed by atoms with Crippen LogP contribution in [0.2, 0.25) is 5.02 Å². The predicted molar refractivity (Wildman–Crippen MR) is 86.3 cm³/mol. The lowest BCUT2D eigenvalue weighted by Gasteiger charge is -2.08. The molecule has 3 aromatic rings. The molecule has 0 unspecified atom stereocenters. The van der Waals surface area contributed by atoms with Crippen LogP contribution in [0.5, 0.6) is 0 Å². The van der Waals surface area contributed by atoms with E-state index < -0.39 is 17.2 Å². The molecule has 0 atom stereocenters. The van der Waals surface area contributed by atoms with E-state index in [0.29, 0.717) is 21.6 Å². The molecule has 0 bridgehead atoms. The van der Waals surface area contributed by atoms with Gasteiger partial charge in [-0.25, -0.2) is 4.39 Å². The monoisotopic (exact) mass is 331 g/mol. The summed E-state index contributed by atoms with van der Waals surface area (Å²) in [4.78, 5) is 24.8. The maximum Gasteiger partial charge on any atom is 0.280 e. The number of benzene rings is 2. The second kappa shape index (κ2) is 5.81. The van der Waals surface area contributed by atoms with Crippen LogP contribution in [0, 0.1) is 5.82 Å². The molecule has 0 saturated heterocycles. The lowest BCUT2D eigenvalue weighted by Crippen LogP contribution is -2.26. The number of carbonyl (C=O) groups is 1. The fraction of sp³-hybridized carbons (Fsp3) is 0.0625. The first kappa shape index (κ1) is 15.2. The van der Waals surface area contributed by atoms with Gasteiger partial charge in [-0.15, -0.1) is 0 Å². The Bertz CT molecular complexity index is 967. The van der Waals surface area contributed by atoms with Gasteiger partial charge in [0.25, 0.3) is 5.91 Å². The molecule has 23 heavy (non-hydrogen) atoms. The van der Waals surface area contributed by atoms with Crippen LogP contribution in [-0.4, -0.2) is 15.7 Å². The van der Waals surface area contributed by atoms with Crippen LogP contribution < -0.4 is 10.7 Å². The van der Waals surface area contributed by atoms with Gasteiger partial charge in [0.2, 0.25) is 5.43 Å². The largest absolute Gasteiger partial charge is 0.320 e. The minimum absolute atomic E-state index is 0.258. The molecule has 0 fully saturated rings. The number of fused-ring (bicyclic) bond motifs is 1. The molecule has 0 aliphatic rings. The van der Waals surface area contributed by atoms with E-state index in [1.807, 2.05) is 0 Å². The molecule has 0 aliphatic heterocycles. The van der Waals surface area contributed by atoms with Crippen molar-refractivity contribution in [3.8, 4) is 0 Å². The molecule has 7 heteroatoms. The van der Waals surface area contributed by atoms with Crippen molar-refractivity contribution in [3.05, 3.63) is 69.2 Å². The maximum atomic E-state index is 12.9. The van der Waals surface area contributed by atoms with Crippen LogP contribution in [0.1, 0.15) is 10.5 Å². The Kier molecular flexibility index (Phi) is 3.83. The lowest BCUT2D eigenvalue weighted by atomic mass is 10.2. The van der Waals surface area contributed by atoms with Gasteiger partial charge in [-0.3, -0.25) is 14.3 Å². The molecule has 1 amide bonds. The van der Waals surface area contributed by atoms with E-state index in [-0.39, 0.29) is 5.69 Å². The number of aromatic nitrogens is 2. The molecule has 0 aliphatic carbocycles. The molecule has 1 heterocycles. The van der Waals surface area contributed by atoms with Gasteiger partial charge in [0.15, 0.2) is 5.69 Å². The summed E-state index contributed by atoms with van der Waals surface area (Å²) in [5.41, 5.74) is 0.163. The summed E-state index contributed by atoms with van der Waals surface area (Å²) in [6.07, 6.45) is 0. The zero-order chi connectivity index (χ0) is 16.6. The summed E-state index contributed by atoms with van der Waals surface area (Å²) in [7, 11) is 1.63. The molecular weight excluding hydrogens is 321 g/mol. The lowest BCUT2D eigenvalue weighted by molar-refractivity contribution is 0.101. The molecule has 0 spiro atoms. The average molecular weight is 332 g/mol. The zero-order valence-corrected chi connectivity index (χ0v) is 12.8. The first-order valence-corrected chi connectivity index (χ1v) is 7.07. The number of carbonyl (C=O) groups excluding carboxylic acids is 1. The average Bonchev–Trinajstić information content (AvgIpc) is 2.53. The van der Waals surface area contributed by atoms with E-state index in [9.17, 15) is 14.0 Å². The summed E-state index contributed by atoms with van der Waals surface area (Å²) in [6, 6.07) is 10.0. The summed E-state index contributed by atoms with van der Waals surface area (Å²) in [6.45, 7) is 0. The van der Waals surface area contributed by atoms with E-state index in [0.717, 1.165) is 0 Å². The number of halogens is 2. The van der Waals surface area contributed by atoms with Crippen molar-refractivity contribution in [2.45, 2.75) is 0 Å². The van der Waals surface area contributed by atoms with Crippen molar-refractivity contribution >= 4 is 34.1 Å². The third kappa shape index (κ3) is 2.93. The second-order valence-corrected chi connectivity index (χ2v) is 5.36. The van der Waals surface area contributed by atoms with Gasteiger partial charge in [-0.2, -0.15) is 5.10 Å². The third-order valence-electron chi connectivity index (χ3n) is 3.33. The number of nitrogens with zero attached hydrogens (tertiary/aromatic N) is 2. The van der Waals surface area contributed by atoms with Gasteiger partial charge in [0.05, 0.1) is 10.9 Å². The number of hydrogen-bond donors (Lipinski definition) is 1. The maximum absolute atomic E-state index is 12.9. The van der Waals surface area contributed by atoms with Gasteiger partial charge < -0.3 is 5.32 Å². The van der Waals surface area contributed by atoms with Crippen molar-refractivity contribution < 1.29 is 9.18 Å². The smallest absolute Gasteiger partial charge is 0.280 e. The second-order valence-electron chi connectivity index (χ2n) is 4.92. The Morgan fingerprint density at radius 3 is 2.61 bits per heavy atom. The third-order valence-corrected chi connectivity index (χ3v) is 3.57. The first-order valence-electron chi connectivity index (χ1n) is 6.69. The van der Waals surface area contributed by atoms with Crippen molar-refractivity contribution in [2.24, 2.45) is 7.05 Å². The van der Waals surface area contributed by atoms with Gasteiger partial charge in [-0.1, -0.05) is 11.6 Å². The molecule has 0 radical (unpaired) electrons. The van der Waals surface area contributed by atoms with E-state index in [2.05, 4.69) is 10.4 Å². The molecule has 0 saturated carbocycles. The fourth-order valence-electron chi connectivity index (χ4n) is 2.22. The molecular formula is C16H11ClFN3O2. The SMILES string of the molecule is Cn1nc(C(=O)Nc2ccc(F)cc2)c(=O)c2cc(Cl)ccc21. The minimum atomic E-state index is -0.668. The summed E-state index contributed by atoms with van der Waals surface area (Å²) in [5.74, 6) is -1.09. The van der Waals surface area contributed by atoms with Crippen LogP contribution in [-0.2, 0) is 7.05 Å². The van der Waals surface area contributed by atoms with Crippen molar-refractivity contribution in [1.82, 2.24) is 9.78 Å². The highest BCUT2D eigenvalue weighted by Crippen LogP contribution is 2.16. The Morgan fingerprint density at radius 1 is 1.22 bits per heavy atom. The van der Waals surface area contributed by atoms with Crippen LogP contribution >= 0.6 is 11.6 Å². The van der Waals surface area contributed by atoms with Crippen molar-refractivity contribution in [3.63, 3.8) is 0 Å². The minimum Gasteiger partial charge on any atom is -0.320 e. The van der Waals surface area contributed by atoms with E-state index in [4.69, 9.17) is 11.6 Å². The molecule has 1 N–H and O–H groups in total. The molecule has 3 rings (SSSR count). The van der Waals surface area contributed by atoms with Crippen molar-refractivity contribution in [2.75, 3.05) is 5.32 Å². The van der Waals surface area contributed by atoms with Gasteiger partial charge in [-0.05, 0) is 42.5 Å². The van der Waals surface area contributed by atoms with Gasteiger partial charge >= 0.3 is 0 Å². The van der Waals surface area contributed by atoms with Crippen LogP contribution in [0.25, 0.3) is 10.9 Å². The Morgan fingerprint density at radius 2 is 1.91 bits per heavy atom. The highest BCUT2D eigenvalue weighted by Gasteiger charge is 2.17. The van der Waals surface area contributed by atoms with E-state index in [1.165, 1.54) is 35.0 Å². The summed E-state index contributed by atoms with van der Waals surface area (Å²) >= 11 is 5.91. The Balaban J connectivity index is 2.05. The normalized spacial score (nSPS) is 10.7. The van der Waals surface area contributed by atoms with Gasteiger partial charge in [0, 0.05) is 17.8 Å². The summed E-state index contributed by atoms with van der Waals surface area (Å²) in [5, 5.41) is 7.24. The highest BCUT2D eigenvalue weighted by atomic mass is 35.5. The van der Waals surface area contributed by atoms with Gasteiger partial charge in [0.1, 0.15) is 5.82 Å². The number of hydrogen-bond acceptors (Lipinski definition) is 3. The van der Waals surface area contributed by atoms with E-state index >= 15 is 0 Å². The Hall–Kier alpha value is -2.73. The molecule has 1 aromatic heterocycles. The number of nitrogens with one attached hydrogen (secondary N) is 1. The van der Waals surface area contributed by atoms with Crippen molar-refractivity contribution in [1.29, 1.82) is 0 Å². The molecule has 5 nitrogen and oxygen atoms in total. The predicted octanol–water partition coefficient (Wildman–Crippen LogP) is 2.98. The fourth-order valence-corrected chi connectivity index (χ4v) is 2.39. The van der Waals surface area contributed by atoms with Crippen LogP contribution in [0.4, 0.5) is 10.1 Å². The van der Waals surface area contributed by atoms with E-state index in [1.54, 1.807) is 19.2 Å². The number of rotatable bonds is 2. The molecule has 2 aromatic carbocycles. The number of amides is 1. The van der Waals surface area contributed by atoms with Crippen LogP contribution in [0.3, 0.4) is 0 Å². The summed E-state index contributed by atoms with van der Waals surface area (Å²) < 4.78 is 14.3. The topological polar surface area (TPSA) is 64.0 Å². The number of anilines is 1. The zero-order valence-electron chi connectivity index (χ0n) is 12.0. The highest BCUT2D eigenvalue weighted by molar-refractivity contribution is 6.31. The molecule has 116 valence electrons. The Labute approximate surface area is 135 Å². The van der Waals surface area contributed by atoms with Crippen LogP contribution in [0.15, 0.2) is 47.3 Å². The standard InChI is InChI=1S/C16H11ClFN3O2/c1-21-13-7-2-9(17)8-12(13)15(22)14(20-21)16(23)19-11-5-3-10(18)4-6-11/h2-8H,1H3,(H,19,23).